The van der Waals surface area contributed by atoms with Crippen molar-refractivity contribution in [2.75, 3.05) is 18.0 Å². The fraction of sp³-hybridized carbons (Fsp3) is 0.533. The molecule has 1 saturated heterocycles. The molecule has 2 unspecified atom stereocenters. The van der Waals surface area contributed by atoms with Gasteiger partial charge in [-0.15, -0.1) is 0 Å². The normalized spacial score (nSPS) is 23.4. The van der Waals surface area contributed by atoms with Gasteiger partial charge >= 0.3 is 5.97 Å². The Hall–Kier alpha value is -1.55. The van der Waals surface area contributed by atoms with Crippen molar-refractivity contribution in [3.05, 3.63) is 29.3 Å². The molecule has 0 bridgehead atoms. The Labute approximate surface area is 114 Å². The van der Waals surface area contributed by atoms with Gasteiger partial charge in [-0.25, -0.2) is 0 Å². The Morgan fingerprint density at radius 3 is 2.63 bits per heavy atom. The SMILES string of the molecule is Cc1cccc(C)c1N1CC(C)NCC1CC(=O)O. The van der Waals surface area contributed by atoms with Gasteiger partial charge in [-0.05, 0) is 31.9 Å². The number of piperazine rings is 1. The van der Waals surface area contributed by atoms with Crippen LogP contribution in [0.3, 0.4) is 0 Å². The predicted molar refractivity (Wildman–Crippen MR) is 76.8 cm³/mol. The van der Waals surface area contributed by atoms with E-state index in [1.165, 1.54) is 16.8 Å². The van der Waals surface area contributed by atoms with Crippen LogP contribution in [0, 0.1) is 13.8 Å². The fourth-order valence-electron chi connectivity index (χ4n) is 2.87. The molecule has 0 aliphatic carbocycles. The molecule has 2 rings (SSSR count). The Balaban J connectivity index is 2.34. The summed E-state index contributed by atoms with van der Waals surface area (Å²) >= 11 is 0. The second kappa shape index (κ2) is 5.61. The zero-order valence-corrected chi connectivity index (χ0v) is 11.8. The van der Waals surface area contributed by atoms with Crippen molar-refractivity contribution in [2.24, 2.45) is 0 Å². The van der Waals surface area contributed by atoms with Crippen molar-refractivity contribution in [3.63, 3.8) is 0 Å². The third-order valence-electron chi connectivity index (χ3n) is 3.75. The number of benzene rings is 1. The number of rotatable bonds is 3. The van der Waals surface area contributed by atoms with Gasteiger partial charge in [0.15, 0.2) is 0 Å². The van der Waals surface area contributed by atoms with Crippen molar-refractivity contribution in [3.8, 4) is 0 Å². The Morgan fingerprint density at radius 2 is 2.05 bits per heavy atom. The molecule has 104 valence electrons. The van der Waals surface area contributed by atoms with Crippen molar-refractivity contribution in [1.82, 2.24) is 5.32 Å². The molecule has 0 spiro atoms. The highest BCUT2D eigenvalue weighted by molar-refractivity contribution is 5.69. The van der Waals surface area contributed by atoms with Crippen molar-refractivity contribution in [1.29, 1.82) is 0 Å². The molecule has 1 aliphatic rings. The summed E-state index contributed by atoms with van der Waals surface area (Å²) in [7, 11) is 0. The highest BCUT2D eigenvalue weighted by atomic mass is 16.4. The van der Waals surface area contributed by atoms with Gasteiger partial charge in [0.2, 0.25) is 0 Å². The third kappa shape index (κ3) is 3.07. The number of aliphatic carboxylic acids is 1. The summed E-state index contributed by atoms with van der Waals surface area (Å²) in [5.41, 5.74) is 3.62. The largest absolute Gasteiger partial charge is 0.481 e. The maximum atomic E-state index is 11.0. The molecule has 1 aromatic rings. The first-order chi connectivity index (χ1) is 8.99. The number of carboxylic acid groups (broad SMARTS) is 1. The number of carbonyl (C=O) groups is 1. The zero-order chi connectivity index (χ0) is 14.0. The molecule has 1 heterocycles. The summed E-state index contributed by atoms with van der Waals surface area (Å²) in [6, 6.07) is 6.63. The smallest absolute Gasteiger partial charge is 0.305 e. The van der Waals surface area contributed by atoms with Gasteiger partial charge in [-0.3, -0.25) is 4.79 Å². The lowest BCUT2D eigenvalue weighted by Gasteiger charge is -2.41. The number of hydrogen-bond acceptors (Lipinski definition) is 3. The molecular weight excluding hydrogens is 240 g/mol. The minimum absolute atomic E-state index is 0.0218. The molecule has 0 amide bonds. The molecular formula is C15H22N2O2. The van der Waals surface area contributed by atoms with E-state index >= 15 is 0 Å². The fourth-order valence-corrected chi connectivity index (χ4v) is 2.87. The summed E-state index contributed by atoms with van der Waals surface area (Å²) in [5.74, 6) is -0.738. The van der Waals surface area contributed by atoms with Gasteiger partial charge in [0.05, 0.1) is 12.5 Å². The summed E-state index contributed by atoms with van der Waals surface area (Å²) < 4.78 is 0. The minimum atomic E-state index is -0.738. The zero-order valence-electron chi connectivity index (χ0n) is 11.8. The summed E-state index contributed by atoms with van der Waals surface area (Å²) in [6.45, 7) is 7.89. The molecule has 0 aromatic heterocycles. The van der Waals surface area contributed by atoms with E-state index in [1.54, 1.807) is 0 Å². The molecule has 0 saturated carbocycles. The van der Waals surface area contributed by atoms with Crippen LogP contribution >= 0.6 is 0 Å². The summed E-state index contributed by atoms with van der Waals surface area (Å²) in [5, 5.41) is 12.5. The van der Waals surface area contributed by atoms with Gasteiger partial charge in [0.25, 0.3) is 0 Å². The van der Waals surface area contributed by atoms with E-state index in [4.69, 9.17) is 5.11 Å². The average molecular weight is 262 g/mol. The first kappa shape index (κ1) is 13.9. The van der Waals surface area contributed by atoms with Gasteiger partial charge in [0, 0.05) is 24.8 Å². The predicted octanol–water partition coefficient (Wildman–Crippen LogP) is 1.94. The van der Waals surface area contributed by atoms with Crippen LogP contribution < -0.4 is 10.2 Å². The van der Waals surface area contributed by atoms with E-state index in [-0.39, 0.29) is 12.5 Å². The van der Waals surface area contributed by atoms with Crippen LogP contribution in [0.1, 0.15) is 24.5 Å². The van der Waals surface area contributed by atoms with Crippen LogP contribution in [0.15, 0.2) is 18.2 Å². The van der Waals surface area contributed by atoms with Crippen LogP contribution in [0.25, 0.3) is 0 Å². The first-order valence-corrected chi connectivity index (χ1v) is 6.77. The van der Waals surface area contributed by atoms with Gasteiger partial charge in [0.1, 0.15) is 0 Å². The first-order valence-electron chi connectivity index (χ1n) is 6.77. The molecule has 0 radical (unpaired) electrons. The quantitative estimate of drug-likeness (QED) is 0.874. The lowest BCUT2D eigenvalue weighted by molar-refractivity contribution is -0.137. The van der Waals surface area contributed by atoms with Crippen LogP contribution in [0.4, 0.5) is 5.69 Å². The van der Waals surface area contributed by atoms with Crippen LogP contribution in [0.2, 0.25) is 0 Å². The number of nitrogens with zero attached hydrogens (tertiary/aromatic N) is 1. The van der Waals surface area contributed by atoms with Crippen LogP contribution in [-0.4, -0.2) is 36.2 Å². The number of anilines is 1. The van der Waals surface area contributed by atoms with Crippen molar-refractivity contribution >= 4 is 11.7 Å². The summed E-state index contributed by atoms with van der Waals surface area (Å²) in [6.07, 6.45) is 0.174. The highest BCUT2D eigenvalue weighted by Crippen LogP contribution is 2.28. The van der Waals surface area contributed by atoms with Crippen molar-refractivity contribution in [2.45, 2.75) is 39.3 Å². The van der Waals surface area contributed by atoms with Gasteiger partial charge < -0.3 is 15.3 Å². The second-order valence-corrected chi connectivity index (χ2v) is 5.45. The summed E-state index contributed by atoms with van der Waals surface area (Å²) in [4.78, 5) is 13.3. The molecule has 4 nitrogen and oxygen atoms in total. The Bertz CT molecular complexity index is 453. The second-order valence-electron chi connectivity index (χ2n) is 5.45. The molecule has 4 heteroatoms. The number of hydrogen-bond donors (Lipinski definition) is 2. The van der Waals surface area contributed by atoms with Crippen molar-refractivity contribution < 1.29 is 9.90 Å². The number of aryl methyl sites for hydroxylation is 2. The molecule has 1 aliphatic heterocycles. The average Bonchev–Trinajstić information content (AvgIpc) is 2.31. The number of carboxylic acids is 1. The van der Waals surface area contributed by atoms with E-state index in [2.05, 4.69) is 43.1 Å². The Kier molecular flexibility index (Phi) is 4.10. The standard InChI is InChI=1S/C15H22N2O2/c1-10-5-4-6-11(2)15(10)17-9-12(3)16-8-13(17)7-14(18)19/h4-6,12-13,16H,7-9H2,1-3H3,(H,18,19). The van der Waals surface area contributed by atoms with Gasteiger partial charge in [-0.2, -0.15) is 0 Å². The van der Waals surface area contributed by atoms with Gasteiger partial charge in [-0.1, -0.05) is 18.2 Å². The highest BCUT2D eigenvalue weighted by Gasteiger charge is 2.29. The maximum absolute atomic E-state index is 11.0. The lowest BCUT2D eigenvalue weighted by atomic mass is 10.0. The third-order valence-corrected chi connectivity index (χ3v) is 3.75. The van der Waals surface area contributed by atoms with Crippen LogP contribution in [0.5, 0.6) is 0 Å². The van der Waals surface area contributed by atoms with Crippen LogP contribution in [-0.2, 0) is 4.79 Å². The minimum Gasteiger partial charge on any atom is -0.481 e. The topological polar surface area (TPSA) is 52.6 Å². The Morgan fingerprint density at radius 1 is 1.42 bits per heavy atom. The maximum Gasteiger partial charge on any atom is 0.305 e. The molecule has 1 fully saturated rings. The monoisotopic (exact) mass is 262 g/mol. The van der Waals surface area contributed by atoms with E-state index in [0.717, 1.165) is 13.1 Å². The molecule has 2 atom stereocenters. The molecule has 19 heavy (non-hydrogen) atoms. The lowest BCUT2D eigenvalue weighted by Crippen LogP contribution is -2.56. The number of para-hydroxylation sites is 1. The van der Waals surface area contributed by atoms with E-state index in [1.807, 2.05) is 6.07 Å². The van der Waals surface area contributed by atoms with E-state index in [9.17, 15) is 4.79 Å². The van der Waals surface area contributed by atoms with E-state index < -0.39 is 5.97 Å². The van der Waals surface area contributed by atoms with E-state index in [0.29, 0.717) is 6.04 Å². The molecule has 1 aromatic carbocycles. The number of nitrogens with one attached hydrogen (secondary N) is 1. The molecule has 2 N–H and O–H groups in total.